The van der Waals surface area contributed by atoms with Gasteiger partial charge in [0.1, 0.15) is 17.4 Å². The van der Waals surface area contributed by atoms with Gasteiger partial charge in [0, 0.05) is 12.1 Å². The van der Waals surface area contributed by atoms with Gasteiger partial charge in [0.15, 0.2) is 0 Å². The summed E-state index contributed by atoms with van der Waals surface area (Å²) in [6, 6.07) is 7.82. The minimum atomic E-state index is -1.17. The lowest BCUT2D eigenvalue weighted by molar-refractivity contribution is -0.137. The minimum Gasteiger partial charge on any atom is -0.508 e. The topological polar surface area (TPSA) is 151 Å². The summed E-state index contributed by atoms with van der Waals surface area (Å²) in [5.74, 6) is -1.10. The van der Waals surface area contributed by atoms with E-state index in [1.165, 1.54) is 18.2 Å². The molecule has 1 amide bonds. The number of phenolic OH excluding ortho intramolecular Hbond substituents is 1. The van der Waals surface area contributed by atoms with Crippen LogP contribution in [0.1, 0.15) is 31.9 Å². The minimum absolute atomic E-state index is 0.0663. The number of ether oxygens (including phenoxy) is 1. The Bertz CT molecular complexity index is 1240. The van der Waals surface area contributed by atoms with Crippen LogP contribution < -0.4 is 16.3 Å². The van der Waals surface area contributed by atoms with Crippen molar-refractivity contribution in [2.75, 3.05) is 10.6 Å². The quantitative estimate of drug-likeness (QED) is 0.436. The number of anilines is 2. The zero-order valence-corrected chi connectivity index (χ0v) is 18.6. The second kappa shape index (κ2) is 9.19. The number of hydrogen-bond acceptors (Lipinski definition) is 8. The number of benzene rings is 2. The molecule has 33 heavy (non-hydrogen) atoms. The highest BCUT2D eigenvalue weighted by Crippen LogP contribution is 2.24. The molecule has 0 fully saturated rings. The molecule has 10 nitrogen and oxygen atoms in total. The fourth-order valence-corrected chi connectivity index (χ4v) is 3.15. The van der Waals surface area contributed by atoms with Crippen LogP contribution >= 0.6 is 0 Å². The van der Waals surface area contributed by atoms with E-state index in [0.29, 0.717) is 16.8 Å². The Morgan fingerprint density at radius 3 is 2.42 bits per heavy atom. The number of hydrogen-bond donors (Lipinski definition) is 4. The average Bonchev–Trinajstić information content (AvgIpc) is 2.69. The molecular weight excluding hydrogens is 430 g/mol. The molecule has 0 aliphatic carbocycles. The van der Waals surface area contributed by atoms with Crippen molar-refractivity contribution in [3.63, 3.8) is 0 Å². The number of rotatable bonds is 6. The number of nitrogens with one attached hydrogen (secondary N) is 2. The third kappa shape index (κ3) is 6.00. The van der Waals surface area contributed by atoms with Crippen molar-refractivity contribution in [1.82, 2.24) is 4.98 Å². The first kappa shape index (κ1) is 23.6. The summed E-state index contributed by atoms with van der Waals surface area (Å²) in [4.78, 5) is 40.7. The summed E-state index contributed by atoms with van der Waals surface area (Å²) in [7, 11) is 0. The molecule has 3 aromatic rings. The molecule has 0 radical (unpaired) electrons. The Hall–Kier alpha value is -4.08. The number of carboxylic acids is 1. The average molecular weight is 455 g/mol. The SMILES string of the molecule is Cc1c(NC(=O)OC(C)(C)C)ccc2nc(N[C@@H](Cc3ccc(O)cc3)C(=O)O)oc(=O)c12. The number of aryl methyl sites for hydroxylation is 1. The van der Waals surface area contributed by atoms with Gasteiger partial charge in [-0.05, 0) is 63.1 Å². The van der Waals surface area contributed by atoms with Crippen LogP contribution in [0.15, 0.2) is 45.6 Å². The van der Waals surface area contributed by atoms with Gasteiger partial charge in [0.2, 0.25) is 0 Å². The summed E-state index contributed by atoms with van der Waals surface area (Å²) >= 11 is 0. The predicted molar refractivity (Wildman–Crippen MR) is 122 cm³/mol. The number of aliphatic carboxylic acids is 1. The van der Waals surface area contributed by atoms with Gasteiger partial charge in [-0.15, -0.1) is 0 Å². The molecule has 0 aliphatic heterocycles. The highest BCUT2D eigenvalue weighted by Gasteiger charge is 2.22. The van der Waals surface area contributed by atoms with Gasteiger partial charge >= 0.3 is 17.7 Å². The molecule has 2 aromatic carbocycles. The Balaban J connectivity index is 1.86. The first-order valence-electron chi connectivity index (χ1n) is 10.1. The third-order valence-electron chi connectivity index (χ3n) is 4.67. The van der Waals surface area contributed by atoms with Crippen molar-refractivity contribution in [2.24, 2.45) is 0 Å². The molecule has 1 atom stereocenters. The van der Waals surface area contributed by atoms with Gasteiger partial charge in [0.25, 0.3) is 6.01 Å². The molecule has 0 aliphatic rings. The number of aromatic hydroxyl groups is 1. The molecule has 0 unspecified atom stereocenters. The van der Waals surface area contributed by atoms with Crippen molar-refractivity contribution < 1.29 is 29.0 Å². The summed E-state index contributed by atoms with van der Waals surface area (Å²) in [5, 5.41) is 24.3. The molecule has 1 heterocycles. The van der Waals surface area contributed by atoms with Crippen LogP contribution in [0.25, 0.3) is 10.9 Å². The fraction of sp³-hybridized carbons (Fsp3) is 0.304. The van der Waals surface area contributed by atoms with Crippen molar-refractivity contribution in [3.8, 4) is 5.75 Å². The lowest BCUT2D eigenvalue weighted by Crippen LogP contribution is -2.32. The molecular formula is C23H25N3O7. The van der Waals surface area contributed by atoms with E-state index in [1.807, 2.05) is 0 Å². The maximum atomic E-state index is 12.7. The van der Waals surface area contributed by atoms with Gasteiger partial charge < -0.3 is 24.7 Å². The maximum absolute atomic E-state index is 12.7. The van der Waals surface area contributed by atoms with E-state index in [1.54, 1.807) is 45.9 Å². The van der Waals surface area contributed by atoms with Crippen LogP contribution in [-0.2, 0) is 16.0 Å². The zero-order valence-electron chi connectivity index (χ0n) is 18.6. The Labute approximate surface area is 189 Å². The van der Waals surface area contributed by atoms with E-state index in [2.05, 4.69) is 15.6 Å². The number of amides is 1. The van der Waals surface area contributed by atoms with Crippen molar-refractivity contribution in [1.29, 1.82) is 0 Å². The smallest absolute Gasteiger partial charge is 0.412 e. The van der Waals surface area contributed by atoms with Crippen molar-refractivity contribution >= 4 is 34.7 Å². The third-order valence-corrected chi connectivity index (χ3v) is 4.67. The van der Waals surface area contributed by atoms with Gasteiger partial charge in [-0.3, -0.25) is 5.32 Å². The van der Waals surface area contributed by atoms with E-state index >= 15 is 0 Å². The van der Waals surface area contributed by atoms with Gasteiger partial charge in [-0.25, -0.2) is 14.4 Å². The number of phenols is 1. The highest BCUT2D eigenvalue weighted by atomic mass is 16.6. The Morgan fingerprint density at radius 2 is 1.82 bits per heavy atom. The largest absolute Gasteiger partial charge is 0.508 e. The van der Waals surface area contributed by atoms with E-state index in [9.17, 15) is 24.6 Å². The second-order valence-electron chi connectivity index (χ2n) is 8.47. The van der Waals surface area contributed by atoms with Crippen molar-refractivity contribution in [2.45, 2.75) is 45.8 Å². The summed E-state index contributed by atoms with van der Waals surface area (Å²) in [6.07, 6.45) is -0.601. The van der Waals surface area contributed by atoms with Crippen LogP contribution in [-0.4, -0.2) is 38.9 Å². The predicted octanol–water partition coefficient (Wildman–Crippen LogP) is 3.66. The molecule has 174 valence electrons. The second-order valence-corrected chi connectivity index (χ2v) is 8.47. The number of carboxylic acid groups (broad SMARTS) is 1. The lowest BCUT2D eigenvalue weighted by atomic mass is 10.1. The van der Waals surface area contributed by atoms with E-state index in [-0.39, 0.29) is 29.1 Å². The number of nitrogens with zero attached hydrogens (tertiary/aromatic N) is 1. The first-order valence-corrected chi connectivity index (χ1v) is 10.1. The lowest BCUT2D eigenvalue weighted by Gasteiger charge is -2.20. The Kier molecular flexibility index (Phi) is 6.57. The molecule has 0 bridgehead atoms. The number of carbonyl (C=O) groups excluding carboxylic acids is 1. The van der Waals surface area contributed by atoms with Crippen LogP contribution in [0.5, 0.6) is 5.75 Å². The molecule has 0 saturated carbocycles. The summed E-state index contributed by atoms with van der Waals surface area (Å²) in [5.41, 5.74) is 0.310. The van der Waals surface area contributed by atoms with Crippen LogP contribution in [0.3, 0.4) is 0 Å². The molecule has 3 rings (SSSR count). The molecule has 0 spiro atoms. The molecule has 0 saturated heterocycles. The van der Waals surface area contributed by atoms with Gasteiger partial charge in [-0.2, -0.15) is 4.98 Å². The van der Waals surface area contributed by atoms with Crippen LogP contribution in [0.4, 0.5) is 16.5 Å². The van der Waals surface area contributed by atoms with E-state index in [4.69, 9.17) is 9.15 Å². The monoisotopic (exact) mass is 455 g/mol. The normalized spacial score (nSPS) is 12.2. The van der Waals surface area contributed by atoms with Crippen LogP contribution in [0, 0.1) is 6.92 Å². The molecule has 1 aromatic heterocycles. The molecule has 4 N–H and O–H groups in total. The van der Waals surface area contributed by atoms with E-state index < -0.39 is 29.3 Å². The zero-order chi connectivity index (χ0) is 24.3. The highest BCUT2D eigenvalue weighted by molar-refractivity contribution is 5.93. The summed E-state index contributed by atoms with van der Waals surface area (Å²) in [6.45, 7) is 6.84. The standard InChI is InChI=1S/C23H25N3O7/c1-12-15(26-22(31)33-23(2,3)4)9-10-16-18(12)20(30)32-21(24-16)25-17(19(28)29)11-13-5-7-14(27)8-6-13/h5-10,17,27H,11H2,1-4H3,(H,24,25)(H,26,31)(H,28,29)/t17-/m0/s1. The maximum Gasteiger partial charge on any atom is 0.412 e. The van der Waals surface area contributed by atoms with Gasteiger partial charge in [-0.1, -0.05) is 12.1 Å². The Morgan fingerprint density at radius 1 is 1.15 bits per heavy atom. The summed E-state index contributed by atoms with van der Waals surface area (Å²) < 4.78 is 10.5. The first-order chi connectivity index (χ1) is 15.4. The number of aromatic nitrogens is 1. The number of fused-ring (bicyclic) bond motifs is 1. The number of carbonyl (C=O) groups is 2. The van der Waals surface area contributed by atoms with Crippen LogP contribution in [0.2, 0.25) is 0 Å². The molecule has 10 heteroatoms. The van der Waals surface area contributed by atoms with Crippen molar-refractivity contribution in [3.05, 3.63) is 57.9 Å². The fourth-order valence-electron chi connectivity index (χ4n) is 3.15. The van der Waals surface area contributed by atoms with E-state index in [0.717, 1.165) is 0 Å². The van der Waals surface area contributed by atoms with Gasteiger partial charge in [0.05, 0.1) is 10.9 Å².